The number of nitrogens with two attached hydrogens (primary N) is 1. The number of hydrogen-bond acceptors (Lipinski definition) is 2. The zero-order valence-corrected chi connectivity index (χ0v) is 9.33. The maximum atomic E-state index is 6.06. The molecule has 2 heteroatoms. The third-order valence-electron chi connectivity index (χ3n) is 2.95. The Hall–Kier alpha value is -1.02. The third-order valence-corrected chi connectivity index (χ3v) is 2.95. The lowest BCUT2D eigenvalue weighted by molar-refractivity contribution is 0.316. The van der Waals surface area contributed by atoms with Crippen LogP contribution in [-0.4, -0.2) is 6.61 Å². The van der Waals surface area contributed by atoms with Crippen LogP contribution in [0.25, 0.3) is 0 Å². The van der Waals surface area contributed by atoms with Crippen LogP contribution in [0.2, 0.25) is 0 Å². The van der Waals surface area contributed by atoms with Gasteiger partial charge in [-0.3, -0.25) is 0 Å². The maximum absolute atomic E-state index is 6.06. The Morgan fingerprint density at radius 1 is 1.47 bits per heavy atom. The third kappa shape index (κ3) is 2.32. The van der Waals surface area contributed by atoms with Gasteiger partial charge in [-0.25, -0.2) is 0 Å². The summed E-state index contributed by atoms with van der Waals surface area (Å²) < 4.78 is 5.62. The fraction of sp³-hybridized carbons (Fsp3) is 0.538. The van der Waals surface area contributed by atoms with E-state index in [9.17, 15) is 0 Å². The summed E-state index contributed by atoms with van der Waals surface area (Å²) in [5, 5.41) is 0. The maximum Gasteiger partial charge on any atom is 0.119 e. The molecule has 1 aliphatic rings. The highest BCUT2D eigenvalue weighted by Gasteiger charge is 2.16. The van der Waals surface area contributed by atoms with Crippen molar-refractivity contribution >= 4 is 0 Å². The average Bonchev–Trinajstić information content (AvgIpc) is 2.26. The van der Waals surface area contributed by atoms with Gasteiger partial charge in [-0.2, -0.15) is 0 Å². The van der Waals surface area contributed by atoms with Crippen molar-refractivity contribution in [3.8, 4) is 5.75 Å². The molecule has 1 atom stereocenters. The van der Waals surface area contributed by atoms with Crippen LogP contribution < -0.4 is 10.5 Å². The lowest BCUT2D eigenvalue weighted by atomic mass is 9.88. The second-order valence-electron chi connectivity index (χ2n) is 4.21. The van der Waals surface area contributed by atoms with Crippen molar-refractivity contribution in [2.75, 3.05) is 6.61 Å². The van der Waals surface area contributed by atoms with E-state index in [1.54, 1.807) is 0 Å². The van der Waals surface area contributed by atoms with Crippen LogP contribution in [-0.2, 0) is 6.42 Å². The molecule has 1 unspecified atom stereocenters. The number of ether oxygens (including phenoxy) is 1. The van der Waals surface area contributed by atoms with E-state index >= 15 is 0 Å². The number of fused-ring (bicyclic) bond motifs is 1. The highest BCUT2D eigenvalue weighted by atomic mass is 16.5. The fourth-order valence-electron chi connectivity index (χ4n) is 2.14. The van der Waals surface area contributed by atoms with Gasteiger partial charge in [0.15, 0.2) is 0 Å². The SMILES string of the molecule is CCCOc1ccc2c(c1)CCCC2N. The van der Waals surface area contributed by atoms with Crippen LogP contribution in [0.3, 0.4) is 0 Å². The van der Waals surface area contributed by atoms with E-state index < -0.39 is 0 Å². The van der Waals surface area contributed by atoms with Crippen LogP contribution >= 0.6 is 0 Å². The summed E-state index contributed by atoms with van der Waals surface area (Å²) in [5.41, 5.74) is 8.74. The first-order chi connectivity index (χ1) is 7.31. The molecule has 0 saturated carbocycles. The monoisotopic (exact) mass is 205 g/mol. The van der Waals surface area contributed by atoms with Crippen LogP contribution in [0.5, 0.6) is 5.75 Å². The average molecular weight is 205 g/mol. The number of aryl methyl sites for hydroxylation is 1. The Balaban J connectivity index is 2.18. The molecule has 82 valence electrons. The van der Waals surface area contributed by atoms with Crippen molar-refractivity contribution in [1.82, 2.24) is 0 Å². The van der Waals surface area contributed by atoms with Gasteiger partial charge in [0.05, 0.1) is 6.61 Å². The molecule has 0 spiro atoms. The quantitative estimate of drug-likeness (QED) is 0.823. The predicted molar refractivity (Wildman–Crippen MR) is 62.1 cm³/mol. The van der Waals surface area contributed by atoms with Gasteiger partial charge >= 0.3 is 0 Å². The molecule has 0 radical (unpaired) electrons. The van der Waals surface area contributed by atoms with Crippen molar-refractivity contribution in [2.45, 2.75) is 38.6 Å². The minimum atomic E-state index is 0.231. The van der Waals surface area contributed by atoms with Gasteiger partial charge in [-0.05, 0) is 48.9 Å². The van der Waals surface area contributed by atoms with Gasteiger partial charge in [-0.1, -0.05) is 13.0 Å². The topological polar surface area (TPSA) is 35.2 Å². The second-order valence-corrected chi connectivity index (χ2v) is 4.21. The normalized spacial score (nSPS) is 19.7. The van der Waals surface area contributed by atoms with Gasteiger partial charge in [0.25, 0.3) is 0 Å². The van der Waals surface area contributed by atoms with E-state index in [4.69, 9.17) is 10.5 Å². The van der Waals surface area contributed by atoms with E-state index in [-0.39, 0.29) is 6.04 Å². The molecule has 0 aliphatic heterocycles. The molecule has 1 aromatic carbocycles. The highest BCUT2D eigenvalue weighted by molar-refractivity contribution is 5.38. The molecule has 0 bridgehead atoms. The van der Waals surface area contributed by atoms with Crippen molar-refractivity contribution in [3.63, 3.8) is 0 Å². The van der Waals surface area contributed by atoms with Crippen LogP contribution in [0.1, 0.15) is 43.4 Å². The first kappa shape index (κ1) is 10.5. The fourth-order valence-corrected chi connectivity index (χ4v) is 2.14. The van der Waals surface area contributed by atoms with E-state index in [0.717, 1.165) is 31.6 Å². The zero-order valence-electron chi connectivity index (χ0n) is 9.33. The van der Waals surface area contributed by atoms with E-state index in [1.165, 1.54) is 17.5 Å². The molecule has 0 amide bonds. The van der Waals surface area contributed by atoms with E-state index in [1.807, 2.05) is 6.07 Å². The molecule has 2 nitrogen and oxygen atoms in total. The predicted octanol–water partition coefficient (Wildman–Crippen LogP) is 2.81. The van der Waals surface area contributed by atoms with Crippen molar-refractivity contribution < 1.29 is 4.74 Å². The summed E-state index contributed by atoms with van der Waals surface area (Å²) in [6.45, 7) is 2.92. The summed E-state index contributed by atoms with van der Waals surface area (Å²) in [6, 6.07) is 6.56. The first-order valence-electron chi connectivity index (χ1n) is 5.82. The van der Waals surface area contributed by atoms with Crippen LogP contribution in [0.15, 0.2) is 18.2 Å². The van der Waals surface area contributed by atoms with Crippen molar-refractivity contribution in [3.05, 3.63) is 29.3 Å². The molecule has 0 fully saturated rings. The molecular formula is C13H19NO. The minimum Gasteiger partial charge on any atom is -0.494 e. The standard InChI is InChI=1S/C13H19NO/c1-2-8-15-11-6-7-12-10(9-11)4-3-5-13(12)14/h6-7,9,13H,2-5,8,14H2,1H3. The van der Waals surface area contributed by atoms with E-state index in [0.29, 0.717) is 0 Å². The molecule has 0 aromatic heterocycles. The van der Waals surface area contributed by atoms with Crippen molar-refractivity contribution in [1.29, 1.82) is 0 Å². The number of benzene rings is 1. The minimum absolute atomic E-state index is 0.231. The van der Waals surface area contributed by atoms with Crippen molar-refractivity contribution in [2.24, 2.45) is 5.73 Å². The Bertz CT molecular complexity index is 335. The molecule has 15 heavy (non-hydrogen) atoms. The Labute approximate surface area is 91.4 Å². The molecule has 2 N–H and O–H groups in total. The van der Waals surface area contributed by atoms with Gasteiger partial charge in [0.1, 0.15) is 5.75 Å². The molecular weight excluding hydrogens is 186 g/mol. The number of hydrogen-bond donors (Lipinski definition) is 1. The molecule has 0 heterocycles. The molecule has 2 rings (SSSR count). The van der Waals surface area contributed by atoms with Gasteiger partial charge in [-0.15, -0.1) is 0 Å². The second kappa shape index (κ2) is 4.67. The lowest BCUT2D eigenvalue weighted by Gasteiger charge is -2.22. The summed E-state index contributed by atoms with van der Waals surface area (Å²) in [5.74, 6) is 0.990. The van der Waals surface area contributed by atoms with Gasteiger partial charge in [0.2, 0.25) is 0 Å². The Morgan fingerprint density at radius 2 is 2.33 bits per heavy atom. The van der Waals surface area contributed by atoms with Gasteiger partial charge < -0.3 is 10.5 Å². The summed E-state index contributed by atoms with van der Waals surface area (Å²) >= 11 is 0. The smallest absolute Gasteiger partial charge is 0.119 e. The lowest BCUT2D eigenvalue weighted by Crippen LogP contribution is -2.17. The molecule has 0 saturated heterocycles. The van der Waals surface area contributed by atoms with Crippen LogP contribution in [0.4, 0.5) is 0 Å². The van der Waals surface area contributed by atoms with Gasteiger partial charge in [0, 0.05) is 6.04 Å². The Morgan fingerprint density at radius 3 is 3.13 bits per heavy atom. The summed E-state index contributed by atoms with van der Waals surface area (Å²) in [7, 11) is 0. The first-order valence-corrected chi connectivity index (χ1v) is 5.82. The highest BCUT2D eigenvalue weighted by Crippen LogP contribution is 2.30. The summed E-state index contributed by atoms with van der Waals surface area (Å²) in [6.07, 6.45) is 4.51. The Kier molecular flexibility index (Phi) is 3.27. The van der Waals surface area contributed by atoms with Crippen LogP contribution in [0, 0.1) is 0 Å². The molecule has 1 aliphatic carbocycles. The van der Waals surface area contributed by atoms with E-state index in [2.05, 4.69) is 19.1 Å². The summed E-state index contributed by atoms with van der Waals surface area (Å²) in [4.78, 5) is 0. The zero-order chi connectivity index (χ0) is 10.7. The number of rotatable bonds is 3. The largest absolute Gasteiger partial charge is 0.494 e. The molecule has 1 aromatic rings.